The Bertz CT molecular complexity index is 302. The fourth-order valence-corrected chi connectivity index (χ4v) is 1.51. The van der Waals surface area contributed by atoms with Crippen LogP contribution in [-0.4, -0.2) is 27.6 Å². The number of hydrogen-bond donors (Lipinski definition) is 2. The molecule has 0 aliphatic heterocycles. The lowest BCUT2D eigenvalue weighted by Gasteiger charge is -2.28. The van der Waals surface area contributed by atoms with Crippen LogP contribution in [0.2, 0.25) is 0 Å². The van der Waals surface area contributed by atoms with Gasteiger partial charge < -0.3 is 10.2 Å². The van der Waals surface area contributed by atoms with Gasteiger partial charge in [0.25, 0.3) is 0 Å². The number of aliphatic hydroxyl groups is 2. The molecule has 0 saturated heterocycles. The SMILES string of the molecule is Cc1cc[c]c(CN(C(C)O)C(C)O)c1. The summed E-state index contributed by atoms with van der Waals surface area (Å²) in [5, 5.41) is 18.9. The molecule has 2 N–H and O–H groups in total. The Morgan fingerprint density at radius 2 is 1.93 bits per heavy atom. The van der Waals surface area contributed by atoms with Gasteiger partial charge in [0.15, 0.2) is 0 Å². The summed E-state index contributed by atoms with van der Waals surface area (Å²) in [5.74, 6) is 0. The predicted octanol–water partition coefficient (Wildman–Crippen LogP) is 1.27. The second kappa shape index (κ2) is 5.26. The van der Waals surface area contributed by atoms with E-state index < -0.39 is 12.5 Å². The monoisotopic (exact) mass is 208 g/mol. The lowest BCUT2D eigenvalue weighted by molar-refractivity contribution is -0.0897. The molecule has 0 spiro atoms. The van der Waals surface area contributed by atoms with E-state index in [1.54, 1.807) is 18.7 Å². The van der Waals surface area contributed by atoms with Gasteiger partial charge in [-0.1, -0.05) is 23.8 Å². The molecule has 3 nitrogen and oxygen atoms in total. The molecule has 0 saturated carbocycles. The van der Waals surface area contributed by atoms with Crippen LogP contribution in [0.25, 0.3) is 0 Å². The average molecular weight is 208 g/mol. The normalized spacial score (nSPS) is 15.3. The highest BCUT2D eigenvalue weighted by atomic mass is 16.3. The molecule has 1 rings (SSSR count). The average Bonchev–Trinajstić information content (AvgIpc) is 2.13. The van der Waals surface area contributed by atoms with E-state index in [1.165, 1.54) is 0 Å². The van der Waals surface area contributed by atoms with Gasteiger partial charge in [-0.3, -0.25) is 0 Å². The summed E-state index contributed by atoms with van der Waals surface area (Å²) in [7, 11) is 0. The van der Waals surface area contributed by atoms with Gasteiger partial charge in [-0.2, -0.15) is 0 Å². The van der Waals surface area contributed by atoms with E-state index in [-0.39, 0.29) is 0 Å². The van der Waals surface area contributed by atoms with E-state index in [0.29, 0.717) is 6.54 Å². The third-order valence-electron chi connectivity index (χ3n) is 2.33. The van der Waals surface area contributed by atoms with Crippen LogP contribution < -0.4 is 0 Å². The van der Waals surface area contributed by atoms with Crippen LogP contribution in [0.5, 0.6) is 0 Å². The lowest BCUT2D eigenvalue weighted by Crippen LogP contribution is -2.39. The Kier molecular flexibility index (Phi) is 4.27. The van der Waals surface area contributed by atoms with Gasteiger partial charge in [0.05, 0.1) is 0 Å². The molecule has 1 radical (unpaired) electrons. The van der Waals surface area contributed by atoms with Crippen molar-refractivity contribution in [3.8, 4) is 0 Å². The van der Waals surface area contributed by atoms with Crippen LogP contribution in [0.4, 0.5) is 0 Å². The summed E-state index contributed by atoms with van der Waals surface area (Å²) >= 11 is 0. The van der Waals surface area contributed by atoms with E-state index in [1.807, 2.05) is 25.1 Å². The minimum absolute atomic E-state index is 0.497. The zero-order valence-corrected chi connectivity index (χ0v) is 9.44. The van der Waals surface area contributed by atoms with Gasteiger partial charge in [0.2, 0.25) is 0 Å². The third-order valence-corrected chi connectivity index (χ3v) is 2.33. The van der Waals surface area contributed by atoms with E-state index in [2.05, 4.69) is 6.07 Å². The first-order chi connectivity index (χ1) is 7.00. The largest absolute Gasteiger partial charge is 0.379 e. The van der Waals surface area contributed by atoms with Crippen LogP contribution >= 0.6 is 0 Å². The number of benzene rings is 1. The van der Waals surface area contributed by atoms with Crippen molar-refractivity contribution in [3.63, 3.8) is 0 Å². The minimum Gasteiger partial charge on any atom is -0.379 e. The maximum absolute atomic E-state index is 9.47. The van der Waals surface area contributed by atoms with Crippen molar-refractivity contribution < 1.29 is 10.2 Å². The van der Waals surface area contributed by atoms with Crippen LogP contribution in [-0.2, 0) is 6.54 Å². The van der Waals surface area contributed by atoms with Crippen molar-refractivity contribution in [1.29, 1.82) is 0 Å². The quantitative estimate of drug-likeness (QED) is 0.732. The second-order valence-electron chi connectivity index (χ2n) is 3.83. The van der Waals surface area contributed by atoms with Crippen LogP contribution in [0.1, 0.15) is 25.0 Å². The summed E-state index contributed by atoms with van der Waals surface area (Å²) in [4.78, 5) is 1.59. The third kappa shape index (κ3) is 3.63. The maximum atomic E-state index is 9.47. The second-order valence-corrected chi connectivity index (χ2v) is 3.83. The summed E-state index contributed by atoms with van der Waals surface area (Å²) in [6.45, 7) is 5.79. The van der Waals surface area contributed by atoms with E-state index in [4.69, 9.17) is 0 Å². The van der Waals surface area contributed by atoms with Crippen molar-refractivity contribution in [2.75, 3.05) is 0 Å². The number of rotatable bonds is 4. The Hall–Kier alpha value is -0.900. The minimum atomic E-state index is -0.668. The van der Waals surface area contributed by atoms with Crippen LogP contribution in [0.3, 0.4) is 0 Å². The summed E-state index contributed by atoms with van der Waals surface area (Å²) in [5.41, 5.74) is 2.12. The molecular formula is C12H18NO2. The molecule has 0 aromatic heterocycles. The van der Waals surface area contributed by atoms with E-state index in [0.717, 1.165) is 11.1 Å². The maximum Gasteiger partial charge on any atom is 0.106 e. The first kappa shape index (κ1) is 12.2. The molecule has 0 fully saturated rings. The van der Waals surface area contributed by atoms with Crippen LogP contribution in [0, 0.1) is 13.0 Å². The molecule has 15 heavy (non-hydrogen) atoms. The highest BCUT2D eigenvalue weighted by molar-refractivity contribution is 5.20. The van der Waals surface area contributed by atoms with Gasteiger partial charge in [0.1, 0.15) is 12.5 Å². The lowest BCUT2D eigenvalue weighted by atomic mass is 10.1. The summed E-state index contributed by atoms with van der Waals surface area (Å²) in [6.07, 6.45) is -1.34. The molecule has 3 heteroatoms. The van der Waals surface area contributed by atoms with Crippen molar-refractivity contribution in [1.82, 2.24) is 4.90 Å². The summed E-state index contributed by atoms with van der Waals surface area (Å²) in [6, 6.07) is 8.91. The van der Waals surface area contributed by atoms with E-state index in [9.17, 15) is 10.2 Å². The fraction of sp³-hybridized carbons (Fsp3) is 0.500. The topological polar surface area (TPSA) is 43.7 Å². The molecule has 0 amide bonds. The molecular weight excluding hydrogens is 190 g/mol. The van der Waals surface area contributed by atoms with Gasteiger partial charge in [-0.15, -0.1) is 0 Å². The number of aliphatic hydroxyl groups excluding tert-OH is 2. The van der Waals surface area contributed by atoms with E-state index >= 15 is 0 Å². The molecule has 83 valence electrons. The molecule has 2 unspecified atom stereocenters. The fourth-order valence-electron chi connectivity index (χ4n) is 1.51. The molecule has 2 atom stereocenters. The zero-order valence-electron chi connectivity index (χ0n) is 9.44. The van der Waals surface area contributed by atoms with Gasteiger partial charge in [-0.05, 0) is 32.4 Å². The number of aryl methyl sites for hydroxylation is 1. The highest BCUT2D eigenvalue weighted by Crippen LogP contribution is 2.10. The Morgan fingerprint density at radius 3 is 2.40 bits per heavy atom. The first-order valence-electron chi connectivity index (χ1n) is 5.10. The van der Waals surface area contributed by atoms with Gasteiger partial charge >= 0.3 is 0 Å². The molecule has 1 aromatic carbocycles. The molecule has 0 aliphatic rings. The molecule has 0 heterocycles. The van der Waals surface area contributed by atoms with Crippen molar-refractivity contribution in [3.05, 3.63) is 35.4 Å². The highest BCUT2D eigenvalue weighted by Gasteiger charge is 2.16. The molecule has 0 aliphatic carbocycles. The molecule has 1 aromatic rings. The number of hydrogen-bond acceptors (Lipinski definition) is 3. The van der Waals surface area contributed by atoms with Crippen LogP contribution in [0.15, 0.2) is 18.2 Å². The Morgan fingerprint density at radius 1 is 1.33 bits per heavy atom. The first-order valence-corrected chi connectivity index (χ1v) is 5.10. The standard InChI is InChI=1S/C12H18NO2/c1-9-5-4-6-12(7-9)8-13(10(2)14)11(3)15/h4-5,7,10-11,14-15H,8H2,1-3H3. The van der Waals surface area contributed by atoms with Crippen molar-refractivity contribution in [2.24, 2.45) is 0 Å². The van der Waals surface area contributed by atoms with Gasteiger partial charge in [0, 0.05) is 6.54 Å². The predicted molar refractivity (Wildman–Crippen MR) is 58.9 cm³/mol. The Balaban J connectivity index is 2.74. The molecule has 0 bridgehead atoms. The Labute approximate surface area is 91.0 Å². The van der Waals surface area contributed by atoms with Crippen molar-refractivity contribution in [2.45, 2.75) is 39.8 Å². The summed E-state index contributed by atoms with van der Waals surface area (Å²) < 4.78 is 0. The number of nitrogens with zero attached hydrogens (tertiary/aromatic N) is 1. The van der Waals surface area contributed by atoms with Crippen molar-refractivity contribution >= 4 is 0 Å². The van der Waals surface area contributed by atoms with Gasteiger partial charge in [-0.25, -0.2) is 4.90 Å². The smallest absolute Gasteiger partial charge is 0.106 e. The zero-order chi connectivity index (χ0) is 11.4.